The lowest BCUT2D eigenvalue weighted by molar-refractivity contribution is 1.78. The minimum atomic E-state index is -0.242. The van der Waals surface area contributed by atoms with Gasteiger partial charge in [-0.3, -0.25) is 0 Å². The van der Waals surface area contributed by atoms with Gasteiger partial charge >= 0.3 is 0 Å². The van der Waals surface area contributed by atoms with Crippen LogP contribution in [0.2, 0.25) is 0 Å². The highest BCUT2D eigenvalue weighted by Gasteiger charge is 2.04. The molecule has 0 aliphatic rings. The van der Waals surface area contributed by atoms with E-state index in [2.05, 4.69) is 59.0 Å². The van der Waals surface area contributed by atoms with Gasteiger partial charge in [0.25, 0.3) is 0 Å². The molecule has 1 unspecified atom stereocenters. The molecule has 48 valence electrons. The molecule has 9 heavy (non-hydrogen) atoms. The lowest BCUT2D eigenvalue weighted by Gasteiger charge is -1.91. The molecule has 0 nitrogen and oxygen atoms in total. The molecule has 1 aromatic carbocycles. The van der Waals surface area contributed by atoms with Gasteiger partial charge in [0.2, 0.25) is 0 Å². The molecule has 1 rings (SSSR count). The molecule has 2 heteroatoms. The molecule has 0 radical (unpaired) electrons. The van der Waals surface area contributed by atoms with Crippen LogP contribution in [-0.4, -0.2) is 6.66 Å². The van der Waals surface area contributed by atoms with E-state index in [9.17, 15) is 0 Å². The fourth-order valence-corrected chi connectivity index (χ4v) is 2.40. The Labute approximate surface area is 69.9 Å². The minimum Gasteiger partial charge on any atom is -0.0620 e. The highest BCUT2D eigenvalue weighted by Crippen LogP contribution is 2.38. The summed E-state index contributed by atoms with van der Waals surface area (Å²) in [5.41, 5.74) is -0.242. The first-order valence-electron chi connectivity index (χ1n) is 2.85. The molecule has 0 saturated carbocycles. The van der Waals surface area contributed by atoms with Gasteiger partial charge in [-0.2, -0.15) is 0 Å². The van der Waals surface area contributed by atoms with Crippen molar-refractivity contribution < 1.29 is 0 Å². The Morgan fingerprint density at radius 3 is 2.11 bits per heavy atom. The van der Waals surface area contributed by atoms with Crippen molar-refractivity contribution in [3.05, 3.63) is 30.3 Å². The molecule has 1 aromatic rings. The van der Waals surface area contributed by atoms with Crippen LogP contribution in [0.1, 0.15) is 0 Å². The Morgan fingerprint density at radius 1 is 1.22 bits per heavy atom. The van der Waals surface area contributed by atoms with Crippen molar-refractivity contribution in [2.24, 2.45) is 0 Å². The standard InChI is InChI=1S/C7H8IP/c1-9(8)7-5-3-2-4-6-7/h2-6H,1H3/p+1. The molecule has 0 fully saturated rings. The number of hydrogen-bond acceptors (Lipinski definition) is 0. The Morgan fingerprint density at radius 2 is 1.78 bits per heavy atom. The van der Waals surface area contributed by atoms with Gasteiger partial charge in [-0.25, -0.2) is 0 Å². The molecule has 0 saturated heterocycles. The maximum Gasteiger partial charge on any atom is 0.157 e. The molecule has 0 aliphatic carbocycles. The molecule has 0 spiro atoms. The normalized spacial score (nSPS) is 13.1. The lowest BCUT2D eigenvalue weighted by Crippen LogP contribution is -1.92. The van der Waals surface area contributed by atoms with E-state index >= 15 is 0 Å². The molecule has 0 aliphatic heterocycles. The van der Waals surface area contributed by atoms with E-state index in [1.54, 1.807) is 0 Å². The van der Waals surface area contributed by atoms with E-state index in [0.717, 1.165) is 0 Å². The average molecular weight is 251 g/mol. The molecular formula is C7H9IP+. The molecule has 0 N–H and O–H groups in total. The van der Waals surface area contributed by atoms with Gasteiger partial charge in [0.1, 0.15) is 5.30 Å². The predicted octanol–water partition coefficient (Wildman–Crippen LogP) is 2.51. The van der Waals surface area contributed by atoms with Crippen molar-refractivity contribution in [2.45, 2.75) is 0 Å². The first-order valence-corrected chi connectivity index (χ1v) is 7.96. The van der Waals surface area contributed by atoms with Crippen molar-refractivity contribution in [2.75, 3.05) is 6.66 Å². The maximum absolute atomic E-state index is 2.51. The fourth-order valence-electron chi connectivity index (χ4n) is 0.668. The smallest absolute Gasteiger partial charge is 0.0620 e. The van der Waals surface area contributed by atoms with Crippen LogP contribution in [0.25, 0.3) is 0 Å². The molecule has 0 bridgehead atoms. The summed E-state index contributed by atoms with van der Waals surface area (Å²) >= 11 is 2.51. The summed E-state index contributed by atoms with van der Waals surface area (Å²) in [5, 5.41) is 1.50. The van der Waals surface area contributed by atoms with E-state index in [-0.39, 0.29) is 5.56 Å². The molecule has 1 atom stereocenters. The Kier molecular flexibility index (Phi) is 2.93. The van der Waals surface area contributed by atoms with Crippen molar-refractivity contribution in [1.82, 2.24) is 0 Å². The summed E-state index contributed by atoms with van der Waals surface area (Å²) in [6, 6.07) is 10.6. The second-order valence-corrected chi connectivity index (χ2v) is 8.40. The Balaban J connectivity index is 2.85. The maximum atomic E-state index is 2.51. The van der Waals surface area contributed by atoms with E-state index < -0.39 is 0 Å². The predicted molar refractivity (Wildman–Crippen MR) is 54.3 cm³/mol. The van der Waals surface area contributed by atoms with Gasteiger partial charge in [-0.1, -0.05) is 18.2 Å². The van der Waals surface area contributed by atoms with Crippen molar-refractivity contribution in [3.63, 3.8) is 0 Å². The quantitative estimate of drug-likeness (QED) is 0.531. The van der Waals surface area contributed by atoms with Gasteiger partial charge in [-0.05, 0) is 12.1 Å². The van der Waals surface area contributed by atoms with Crippen molar-refractivity contribution in [3.8, 4) is 0 Å². The largest absolute Gasteiger partial charge is 0.157 e. The SMILES string of the molecule is C[PH+](I)c1ccccc1. The fraction of sp³-hybridized carbons (Fsp3) is 0.143. The summed E-state index contributed by atoms with van der Waals surface area (Å²) in [7, 11) is 0. The summed E-state index contributed by atoms with van der Waals surface area (Å²) in [4.78, 5) is 0. The summed E-state index contributed by atoms with van der Waals surface area (Å²) in [5.74, 6) is 0. The highest BCUT2D eigenvalue weighted by molar-refractivity contribution is 14.2. The molecule has 0 amide bonds. The first-order chi connectivity index (χ1) is 4.30. The third kappa shape index (κ3) is 2.23. The van der Waals surface area contributed by atoms with Gasteiger partial charge < -0.3 is 0 Å². The Bertz CT molecular complexity index is 172. The second kappa shape index (κ2) is 3.52. The monoisotopic (exact) mass is 251 g/mol. The minimum absolute atomic E-state index is 0.242. The van der Waals surface area contributed by atoms with Crippen LogP contribution in [0.15, 0.2) is 30.3 Å². The van der Waals surface area contributed by atoms with E-state index in [1.165, 1.54) is 5.30 Å². The third-order valence-corrected chi connectivity index (χ3v) is 4.17. The van der Waals surface area contributed by atoms with Gasteiger partial charge in [0, 0.05) is 0 Å². The van der Waals surface area contributed by atoms with Crippen molar-refractivity contribution >= 4 is 32.9 Å². The van der Waals surface area contributed by atoms with Crippen LogP contribution in [-0.2, 0) is 0 Å². The number of hydrogen-bond donors (Lipinski definition) is 0. The van der Waals surface area contributed by atoms with Crippen LogP contribution in [0.4, 0.5) is 0 Å². The molecule has 0 heterocycles. The molecule has 0 aromatic heterocycles. The summed E-state index contributed by atoms with van der Waals surface area (Å²) in [6.45, 7) is 2.29. The highest BCUT2D eigenvalue weighted by atomic mass is 127. The number of rotatable bonds is 1. The lowest BCUT2D eigenvalue weighted by atomic mass is 10.4. The zero-order valence-corrected chi connectivity index (χ0v) is 8.42. The zero-order chi connectivity index (χ0) is 6.69. The number of halogens is 1. The average Bonchev–Trinajstić information content (AvgIpc) is 1.90. The van der Waals surface area contributed by atoms with E-state index in [4.69, 9.17) is 0 Å². The molecular weight excluding hydrogens is 242 g/mol. The van der Waals surface area contributed by atoms with Crippen LogP contribution >= 0.6 is 27.6 Å². The van der Waals surface area contributed by atoms with Crippen molar-refractivity contribution in [1.29, 1.82) is 0 Å². The summed E-state index contributed by atoms with van der Waals surface area (Å²) in [6.07, 6.45) is 0. The van der Waals surface area contributed by atoms with E-state index in [1.807, 2.05) is 0 Å². The summed E-state index contributed by atoms with van der Waals surface area (Å²) < 4.78 is 0. The van der Waals surface area contributed by atoms with Crippen LogP contribution < -0.4 is 5.30 Å². The van der Waals surface area contributed by atoms with Crippen LogP contribution in [0.3, 0.4) is 0 Å². The topological polar surface area (TPSA) is 0 Å². The first kappa shape index (κ1) is 7.49. The zero-order valence-electron chi connectivity index (χ0n) is 5.26. The second-order valence-electron chi connectivity index (χ2n) is 1.90. The van der Waals surface area contributed by atoms with Crippen LogP contribution in [0.5, 0.6) is 0 Å². The van der Waals surface area contributed by atoms with Gasteiger partial charge in [0.15, 0.2) is 22.0 Å². The Hall–Kier alpha value is 0.380. The van der Waals surface area contributed by atoms with Crippen LogP contribution in [0, 0.1) is 0 Å². The third-order valence-electron chi connectivity index (χ3n) is 1.17. The van der Waals surface area contributed by atoms with Gasteiger partial charge in [-0.15, -0.1) is 0 Å². The number of benzene rings is 1. The van der Waals surface area contributed by atoms with Gasteiger partial charge in [0.05, 0.1) is 12.2 Å². The van der Waals surface area contributed by atoms with E-state index in [0.29, 0.717) is 0 Å².